The molecule has 3 atom stereocenters. The summed E-state index contributed by atoms with van der Waals surface area (Å²) in [6, 6.07) is -0.824. The number of carboxylic acid groups (broad SMARTS) is 1. The summed E-state index contributed by atoms with van der Waals surface area (Å²) in [5, 5.41) is 13.7. The van der Waals surface area contributed by atoms with Crippen molar-refractivity contribution in [3.05, 3.63) is 16.6 Å². The Hall–Kier alpha value is -2.31. The Kier molecular flexibility index (Phi) is 6.05. The van der Waals surface area contributed by atoms with Gasteiger partial charge in [-0.25, -0.2) is 4.98 Å². The van der Waals surface area contributed by atoms with Crippen molar-refractivity contribution in [3.63, 3.8) is 0 Å². The van der Waals surface area contributed by atoms with Crippen molar-refractivity contribution in [2.75, 3.05) is 24.6 Å². The molecule has 2 aliphatic heterocycles. The van der Waals surface area contributed by atoms with Crippen molar-refractivity contribution in [2.45, 2.75) is 18.3 Å². The number of esters is 1. The fraction of sp³-hybridized carbons (Fsp3) is 0.438. The lowest BCUT2D eigenvalue weighted by atomic mass is 9.88. The summed E-state index contributed by atoms with van der Waals surface area (Å²) >= 11 is 8.10. The van der Waals surface area contributed by atoms with Crippen LogP contribution in [0.5, 0.6) is 0 Å². The van der Waals surface area contributed by atoms with E-state index in [1.165, 1.54) is 23.6 Å². The van der Waals surface area contributed by atoms with E-state index in [0.29, 0.717) is 5.69 Å². The molecule has 2 amide bonds. The number of amides is 2. The number of halogens is 1. The summed E-state index contributed by atoms with van der Waals surface area (Å²) in [4.78, 5) is 53.3. The Labute approximate surface area is 178 Å². The van der Waals surface area contributed by atoms with Crippen LogP contribution in [0.1, 0.15) is 12.6 Å². The number of carbonyl (C=O) groups is 4. The van der Waals surface area contributed by atoms with Crippen LogP contribution in [-0.4, -0.2) is 69.1 Å². The van der Waals surface area contributed by atoms with E-state index in [-0.39, 0.29) is 29.6 Å². The molecule has 13 heteroatoms. The predicted octanol–water partition coefficient (Wildman–Crippen LogP) is 0.339. The highest BCUT2D eigenvalue weighted by molar-refractivity contribution is 8.00. The predicted molar refractivity (Wildman–Crippen MR) is 107 cm³/mol. The second kappa shape index (κ2) is 8.20. The topological polar surface area (TPSA) is 152 Å². The zero-order chi connectivity index (χ0) is 21.3. The summed E-state index contributed by atoms with van der Waals surface area (Å²) < 4.78 is 4.90. The van der Waals surface area contributed by atoms with Crippen molar-refractivity contribution >= 4 is 69.2 Å². The number of rotatable bonds is 6. The van der Waals surface area contributed by atoms with E-state index in [2.05, 4.69) is 10.3 Å². The third kappa shape index (κ3) is 4.05. The number of hydrogen-bond acceptors (Lipinski definition) is 9. The van der Waals surface area contributed by atoms with Gasteiger partial charge in [-0.15, -0.1) is 23.1 Å². The van der Waals surface area contributed by atoms with E-state index < -0.39 is 40.6 Å². The minimum atomic E-state index is -1.39. The molecule has 0 spiro atoms. The van der Waals surface area contributed by atoms with Gasteiger partial charge >= 0.3 is 11.9 Å². The lowest BCUT2D eigenvalue weighted by molar-refractivity contribution is -0.164. The molecule has 4 N–H and O–H groups in total. The van der Waals surface area contributed by atoms with Gasteiger partial charge in [-0.2, -0.15) is 0 Å². The van der Waals surface area contributed by atoms with Crippen LogP contribution >= 0.6 is 34.7 Å². The van der Waals surface area contributed by atoms with Crippen LogP contribution < -0.4 is 11.1 Å². The van der Waals surface area contributed by atoms with E-state index >= 15 is 0 Å². The maximum atomic E-state index is 12.5. The van der Waals surface area contributed by atoms with Crippen LogP contribution in [0.2, 0.25) is 0 Å². The molecule has 3 rings (SSSR count). The lowest BCUT2D eigenvalue weighted by Gasteiger charge is -2.53. The molecule has 1 aromatic heterocycles. The lowest BCUT2D eigenvalue weighted by Crippen LogP contribution is -2.74. The molecule has 2 fully saturated rings. The molecule has 0 aliphatic carbocycles. The van der Waals surface area contributed by atoms with Crippen LogP contribution in [-0.2, 0) is 23.9 Å². The summed E-state index contributed by atoms with van der Waals surface area (Å²) in [5.74, 6) is -2.63. The van der Waals surface area contributed by atoms with Gasteiger partial charge in [0, 0.05) is 30.1 Å². The molecule has 0 aromatic carbocycles. The molecule has 0 bridgehead atoms. The number of thioether (sulfide) groups is 1. The van der Waals surface area contributed by atoms with Crippen LogP contribution in [0.15, 0.2) is 10.9 Å². The maximum absolute atomic E-state index is 12.5. The number of fused-ring (bicyclic) bond motifs is 1. The normalized spacial score (nSPS) is 26.3. The average Bonchev–Trinajstić information content (AvgIpc) is 3.10. The fourth-order valence-electron chi connectivity index (χ4n) is 3.00. The Balaban J connectivity index is 1.67. The molecule has 2 aliphatic rings. The standard InChI is InChI=1S/C16H17ClN4O6S2/c1-7(22)27-5-16(14(25)26)4-21-12(24)10(13(21)29-6-16)20-11(23)8(2-17)9-3-28-15(18)19-9/h2-3,10,13H,4-6H2,1H3,(H2,18,19)(H,20,23)(H,25,26)/t10?,13-,16?/m1/s1. The monoisotopic (exact) mass is 460 g/mol. The van der Waals surface area contributed by atoms with Gasteiger partial charge in [-0.05, 0) is 0 Å². The van der Waals surface area contributed by atoms with Gasteiger partial charge in [0.2, 0.25) is 5.91 Å². The van der Waals surface area contributed by atoms with E-state index in [1.807, 2.05) is 0 Å². The summed E-state index contributed by atoms with van der Waals surface area (Å²) in [7, 11) is 0. The molecular weight excluding hydrogens is 444 g/mol. The third-order valence-electron chi connectivity index (χ3n) is 4.59. The minimum Gasteiger partial charge on any atom is -0.481 e. The second-order valence-electron chi connectivity index (χ2n) is 6.58. The number of nitrogens with two attached hydrogens (primary N) is 1. The number of nitrogens with zero attached hydrogens (tertiary/aromatic N) is 2. The van der Waals surface area contributed by atoms with Crippen molar-refractivity contribution in [3.8, 4) is 0 Å². The Morgan fingerprint density at radius 2 is 2.28 bits per heavy atom. The molecule has 3 heterocycles. The van der Waals surface area contributed by atoms with Crippen molar-refractivity contribution in [1.29, 1.82) is 0 Å². The number of nitrogens with one attached hydrogen (secondary N) is 1. The first-order chi connectivity index (χ1) is 13.7. The van der Waals surface area contributed by atoms with E-state index in [0.717, 1.165) is 16.9 Å². The van der Waals surface area contributed by atoms with Gasteiger partial charge in [-0.3, -0.25) is 19.2 Å². The summed E-state index contributed by atoms with van der Waals surface area (Å²) in [6.07, 6.45) is 0. The van der Waals surface area contributed by atoms with Gasteiger partial charge < -0.3 is 25.8 Å². The van der Waals surface area contributed by atoms with Gasteiger partial charge in [-0.1, -0.05) is 11.6 Å². The third-order valence-corrected chi connectivity index (χ3v) is 7.07. The van der Waals surface area contributed by atoms with Crippen molar-refractivity contribution in [2.24, 2.45) is 5.41 Å². The molecule has 0 radical (unpaired) electrons. The highest BCUT2D eigenvalue weighted by Crippen LogP contribution is 2.42. The molecule has 0 saturated carbocycles. The maximum Gasteiger partial charge on any atom is 0.315 e. The Morgan fingerprint density at radius 1 is 1.55 bits per heavy atom. The highest BCUT2D eigenvalue weighted by Gasteiger charge is 2.58. The van der Waals surface area contributed by atoms with Gasteiger partial charge in [0.25, 0.3) is 5.91 Å². The quantitative estimate of drug-likeness (QED) is 0.310. The van der Waals surface area contributed by atoms with Gasteiger partial charge in [0.05, 0.1) is 11.3 Å². The molecule has 2 saturated heterocycles. The number of thiazole rings is 1. The van der Waals surface area contributed by atoms with Crippen LogP contribution in [0.25, 0.3) is 5.57 Å². The number of carboxylic acids is 1. The van der Waals surface area contributed by atoms with Crippen LogP contribution in [0.4, 0.5) is 5.13 Å². The van der Waals surface area contributed by atoms with Crippen molar-refractivity contribution < 1.29 is 29.0 Å². The molecule has 10 nitrogen and oxygen atoms in total. The van der Waals surface area contributed by atoms with E-state index in [9.17, 15) is 24.3 Å². The molecule has 1 aromatic rings. The number of β-lactam (4-membered cyclic amide) rings is 1. The first kappa shape index (κ1) is 21.4. The number of carbonyl (C=O) groups excluding carboxylic acids is 3. The van der Waals surface area contributed by atoms with Gasteiger partial charge in [0.1, 0.15) is 23.4 Å². The largest absolute Gasteiger partial charge is 0.481 e. The zero-order valence-electron chi connectivity index (χ0n) is 15.1. The van der Waals surface area contributed by atoms with Gasteiger partial charge in [0.15, 0.2) is 5.13 Å². The minimum absolute atomic E-state index is 0.0708. The van der Waals surface area contributed by atoms with Crippen LogP contribution in [0.3, 0.4) is 0 Å². The SMILES string of the molecule is CC(=O)OCC1(C(=O)O)CS[C@@H]2C(NC(=O)C(=CCl)c3csc(N)n3)C(=O)N2C1. The number of hydrogen-bond donors (Lipinski definition) is 3. The Bertz CT molecular complexity index is 906. The number of aliphatic carboxylic acids is 1. The molecular formula is C16H17ClN4O6S2. The first-order valence-corrected chi connectivity index (χ1v) is 10.7. The molecule has 2 unspecified atom stereocenters. The number of nitrogen functional groups attached to an aromatic ring is 1. The average molecular weight is 461 g/mol. The fourth-order valence-corrected chi connectivity index (χ4v) is 5.29. The molecule has 29 heavy (non-hydrogen) atoms. The van der Waals surface area contributed by atoms with E-state index in [1.54, 1.807) is 5.38 Å². The Morgan fingerprint density at radius 3 is 2.83 bits per heavy atom. The van der Waals surface area contributed by atoms with Crippen molar-refractivity contribution in [1.82, 2.24) is 15.2 Å². The van der Waals surface area contributed by atoms with Crippen LogP contribution in [0, 0.1) is 5.41 Å². The zero-order valence-corrected chi connectivity index (χ0v) is 17.5. The highest BCUT2D eigenvalue weighted by atomic mass is 35.5. The smallest absolute Gasteiger partial charge is 0.315 e. The number of aromatic nitrogens is 1. The summed E-state index contributed by atoms with van der Waals surface area (Å²) in [6.45, 7) is 0.745. The second-order valence-corrected chi connectivity index (χ2v) is 8.79. The summed E-state index contributed by atoms with van der Waals surface area (Å²) in [5.41, 5.74) is 5.61. The first-order valence-electron chi connectivity index (χ1n) is 8.30. The number of ether oxygens (including phenoxy) is 1. The molecule has 156 valence electrons. The number of anilines is 1. The van der Waals surface area contributed by atoms with E-state index in [4.69, 9.17) is 22.1 Å².